The molecule has 0 spiro atoms. The van der Waals surface area contributed by atoms with Gasteiger partial charge in [0.2, 0.25) is 10.0 Å². The van der Waals surface area contributed by atoms with Gasteiger partial charge < -0.3 is 5.32 Å². The normalized spacial score (nSPS) is 13.8. The highest BCUT2D eigenvalue weighted by molar-refractivity contribution is 7.88. The predicted molar refractivity (Wildman–Crippen MR) is 78.9 cm³/mol. The minimum atomic E-state index is -3.11. The molecular formula is C12H17N3O2S2. The van der Waals surface area contributed by atoms with Gasteiger partial charge in [-0.1, -0.05) is 0 Å². The number of pyridine rings is 1. The molecule has 0 saturated carbocycles. The Kier molecular flexibility index (Phi) is 4.51. The maximum Gasteiger partial charge on any atom is 0.208 e. The fourth-order valence-electron chi connectivity index (χ4n) is 1.74. The maximum absolute atomic E-state index is 10.9. The zero-order valence-corrected chi connectivity index (χ0v) is 12.5. The van der Waals surface area contributed by atoms with Gasteiger partial charge in [0.1, 0.15) is 0 Å². The van der Waals surface area contributed by atoms with Gasteiger partial charge >= 0.3 is 0 Å². The summed E-state index contributed by atoms with van der Waals surface area (Å²) in [6.45, 7) is 3.01. The molecular weight excluding hydrogens is 282 g/mol. The van der Waals surface area contributed by atoms with E-state index in [1.54, 1.807) is 11.3 Å². The third kappa shape index (κ3) is 4.24. The zero-order valence-electron chi connectivity index (χ0n) is 10.9. The zero-order chi connectivity index (χ0) is 13.9. The average molecular weight is 299 g/mol. The number of hydrogen-bond donors (Lipinski definition) is 2. The quantitative estimate of drug-likeness (QED) is 0.793. The number of nitrogens with zero attached hydrogens (tertiary/aromatic N) is 1. The molecule has 5 nitrogen and oxygen atoms in total. The Bertz CT molecular complexity index is 652. The lowest BCUT2D eigenvalue weighted by Crippen LogP contribution is -2.32. The molecule has 0 amide bonds. The molecule has 2 heterocycles. The van der Waals surface area contributed by atoms with E-state index in [-0.39, 0.29) is 6.04 Å². The molecule has 0 fully saturated rings. The van der Waals surface area contributed by atoms with Crippen LogP contribution in [0.4, 0.5) is 0 Å². The van der Waals surface area contributed by atoms with Crippen LogP contribution < -0.4 is 10.0 Å². The maximum atomic E-state index is 10.9. The Morgan fingerprint density at radius 3 is 2.95 bits per heavy atom. The lowest BCUT2D eigenvalue weighted by Gasteiger charge is -2.14. The van der Waals surface area contributed by atoms with Crippen molar-refractivity contribution in [3.63, 3.8) is 0 Å². The Hall–Kier alpha value is -1.02. The summed E-state index contributed by atoms with van der Waals surface area (Å²) in [5.41, 5.74) is 2.12. The second kappa shape index (κ2) is 5.96. The summed E-state index contributed by atoms with van der Waals surface area (Å²) in [6, 6.07) is 4.26. The lowest BCUT2D eigenvalue weighted by atomic mass is 10.1. The van der Waals surface area contributed by atoms with Gasteiger partial charge in [0, 0.05) is 25.3 Å². The molecule has 2 aromatic rings. The van der Waals surface area contributed by atoms with Crippen molar-refractivity contribution < 1.29 is 8.42 Å². The summed E-state index contributed by atoms with van der Waals surface area (Å²) >= 11 is 1.67. The molecule has 1 atom stereocenters. The minimum Gasteiger partial charge on any atom is -0.309 e. The van der Waals surface area contributed by atoms with Crippen LogP contribution in [0.1, 0.15) is 18.5 Å². The first-order chi connectivity index (χ1) is 8.96. The van der Waals surface area contributed by atoms with Gasteiger partial charge in [0.25, 0.3) is 0 Å². The average Bonchev–Trinajstić information content (AvgIpc) is 2.80. The van der Waals surface area contributed by atoms with Crippen molar-refractivity contribution in [3.05, 3.63) is 29.3 Å². The van der Waals surface area contributed by atoms with Gasteiger partial charge in [-0.15, -0.1) is 11.3 Å². The molecule has 0 aliphatic carbocycles. The van der Waals surface area contributed by atoms with E-state index in [0.29, 0.717) is 13.1 Å². The fourth-order valence-corrected chi connectivity index (χ4v) is 3.00. The van der Waals surface area contributed by atoms with E-state index in [9.17, 15) is 8.42 Å². The van der Waals surface area contributed by atoms with Gasteiger partial charge in [0.05, 0.1) is 16.5 Å². The van der Waals surface area contributed by atoms with Crippen LogP contribution in [0.15, 0.2) is 23.7 Å². The van der Waals surface area contributed by atoms with Gasteiger partial charge in [-0.3, -0.25) is 4.98 Å². The highest BCUT2D eigenvalue weighted by Gasteiger charge is 2.07. The highest BCUT2D eigenvalue weighted by atomic mass is 32.2. The van der Waals surface area contributed by atoms with Gasteiger partial charge in [-0.25, -0.2) is 13.1 Å². The van der Waals surface area contributed by atoms with Crippen LogP contribution >= 0.6 is 11.3 Å². The summed E-state index contributed by atoms with van der Waals surface area (Å²) in [4.78, 5) is 4.39. The second-order valence-corrected chi connectivity index (χ2v) is 7.20. The summed E-state index contributed by atoms with van der Waals surface area (Å²) in [7, 11) is -3.11. The van der Waals surface area contributed by atoms with Gasteiger partial charge in [-0.2, -0.15) is 0 Å². The van der Waals surface area contributed by atoms with Crippen LogP contribution in [0, 0.1) is 0 Å². The number of aromatic nitrogens is 1. The molecule has 0 radical (unpaired) electrons. The molecule has 0 bridgehead atoms. The van der Waals surface area contributed by atoms with E-state index in [2.05, 4.69) is 21.1 Å². The Morgan fingerprint density at radius 1 is 1.42 bits per heavy atom. The smallest absolute Gasteiger partial charge is 0.208 e. The van der Waals surface area contributed by atoms with Crippen LogP contribution in [0.2, 0.25) is 0 Å². The number of rotatable bonds is 6. The molecule has 104 valence electrons. The van der Waals surface area contributed by atoms with Crippen molar-refractivity contribution in [1.29, 1.82) is 0 Å². The van der Waals surface area contributed by atoms with Gasteiger partial charge in [-0.05, 0) is 30.0 Å². The van der Waals surface area contributed by atoms with E-state index < -0.39 is 10.0 Å². The SMILES string of the molecule is CC(NCCNS(C)(=O)=O)c1cnc2ccsc2c1. The van der Waals surface area contributed by atoms with Crippen molar-refractivity contribution in [3.8, 4) is 0 Å². The fraction of sp³-hybridized carbons (Fsp3) is 0.417. The number of thiophene rings is 1. The summed E-state index contributed by atoms with van der Waals surface area (Å²) in [5.74, 6) is 0. The standard InChI is InChI=1S/C12H17N3O2S2/c1-9(13-4-5-15-19(2,16)17)10-7-12-11(14-8-10)3-6-18-12/h3,6-9,13,15H,4-5H2,1-2H3. The largest absolute Gasteiger partial charge is 0.309 e. The van der Waals surface area contributed by atoms with Crippen molar-refractivity contribution >= 4 is 31.6 Å². The molecule has 0 aliphatic rings. The molecule has 2 rings (SSSR count). The lowest BCUT2D eigenvalue weighted by molar-refractivity contribution is 0.556. The van der Waals surface area contributed by atoms with Crippen LogP contribution in [-0.4, -0.2) is 32.7 Å². The summed E-state index contributed by atoms with van der Waals surface area (Å²) < 4.78 is 25.4. The van der Waals surface area contributed by atoms with E-state index in [4.69, 9.17) is 0 Å². The van der Waals surface area contributed by atoms with E-state index in [1.165, 1.54) is 4.70 Å². The van der Waals surface area contributed by atoms with Crippen molar-refractivity contribution in [2.75, 3.05) is 19.3 Å². The van der Waals surface area contributed by atoms with Crippen LogP contribution in [0.5, 0.6) is 0 Å². The van der Waals surface area contributed by atoms with Crippen molar-refractivity contribution in [2.45, 2.75) is 13.0 Å². The van der Waals surface area contributed by atoms with Crippen LogP contribution in [0.3, 0.4) is 0 Å². The molecule has 2 aromatic heterocycles. The molecule has 0 aromatic carbocycles. The Balaban J connectivity index is 1.90. The molecule has 19 heavy (non-hydrogen) atoms. The number of sulfonamides is 1. The Labute approximate surface area is 117 Å². The molecule has 2 N–H and O–H groups in total. The van der Waals surface area contributed by atoms with E-state index in [0.717, 1.165) is 17.3 Å². The monoisotopic (exact) mass is 299 g/mol. The second-order valence-electron chi connectivity index (χ2n) is 4.41. The van der Waals surface area contributed by atoms with Crippen molar-refractivity contribution in [2.24, 2.45) is 0 Å². The number of nitrogens with one attached hydrogen (secondary N) is 2. The number of hydrogen-bond acceptors (Lipinski definition) is 5. The van der Waals surface area contributed by atoms with Crippen LogP contribution in [0.25, 0.3) is 10.2 Å². The highest BCUT2D eigenvalue weighted by Crippen LogP contribution is 2.22. The Morgan fingerprint density at radius 2 is 2.21 bits per heavy atom. The molecule has 1 unspecified atom stereocenters. The third-order valence-corrected chi connectivity index (χ3v) is 4.35. The van der Waals surface area contributed by atoms with Crippen molar-refractivity contribution in [1.82, 2.24) is 15.0 Å². The summed E-state index contributed by atoms with van der Waals surface area (Å²) in [6.07, 6.45) is 3.02. The molecule has 7 heteroatoms. The molecule has 0 saturated heterocycles. The van der Waals surface area contributed by atoms with Crippen LogP contribution in [-0.2, 0) is 10.0 Å². The third-order valence-electron chi connectivity index (χ3n) is 2.76. The first kappa shape index (κ1) is 14.4. The van der Waals surface area contributed by atoms with E-state index >= 15 is 0 Å². The molecule has 0 aliphatic heterocycles. The first-order valence-electron chi connectivity index (χ1n) is 5.97. The first-order valence-corrected chi connectivity index (χ1v) is 8.74. The summed E-state index contributed by atoms with van der Waals surface area (Å²) in [5, 5.41) is 5.29. The predicted octanol–water partition coefficient (Wildman–Crippen LogP) is 1.50. The number of fused-ring (bicyclic) bond motifs is 1. The minimum absolute atomic E-state index is 0.139. The van der Waals surface area contributed by atoms with Gasteiger partial charge in [0.15, 0.2) is 0 Å². The topological polar surface area (TPSA) is 71.1 Å². The van der Waals surface area contributed by atoms with E-state index in [1.807, 2.05) is 24.6 Å².